The fourth-order valence-corrected chi connectivity index (χ4v) is 4.02. The molecule has 3 aromatic carbocycles. The Morgan fingerprint density at radius 3 is 2.07 bits per heavy atom. The van der Waals surface area contributed by atoms with Crippen LogP contribution in [0, 0.1) is 13.8 Å². The first-order valence-electron chi connectivity index (χ1n) is 10.3. The van der Waals surface area contributed by atoms with Crippen LogP contribution >= 0.6 is 0 Å². The van der Waals surface area contributed by atoms with E-state index in [1.54, 1.807) is 0 Å². The molecule has 0 radical (unpaired) electrons. The quantitative estimate of drug-likeness (QED) is 0.608. The Morgan fingerprint density at radius 1 is 0.700 bits per heavy atom. The van der Waals surface area contributed by atoms with Crippen molar-refractivity contribution in [1.82, 2.24) is 4.90 Å². The van der Waals surface area contributed by atoms with Crippen molar-refractivity contribution in [2.45, 2.75) is 13.8 Å². The molecule has 1 aliphatic heterocycles. The molecule has 0 atom stereocenters. The van der Waals surface area contributed by atoms with Crippen molar-refractivity contribution in [3.05, 3.63) is 101 Å². The summed E-state index contributed by atoms with van der Waals surface area (Å²) in [5.41, 5.74) is 5.46. The molecule has 1 amide bonds. The number of anilines is 1. The fraction of sp³-hybridized carbons (Fsp3) is 0.231. The summed E-state index contributed by atoms with van der Waals surface area (Å²) in [5.74, 6) is 0.137. The van der Waals surface area contributed by atoms with Gasteiger partial charge in [-0.15, -0.1) is 0 Å². The molecule has 4 rings (SSSR count). The van der Waals surface area contributed by atoms with Crippen LogP contribution in [0.25, 0.3) is 0 Å². The second kappa shape index (κ2) is 8.54. The van der Waals surface area contributed by atoms with E-state index in [1.165, 1.54) is 0 Å². The average molecular weight is 399 g/mol. The smallest absolute Gasteiger partial charge is 0.253 e. The van der Waals surface area contributed by atoms with Gasteiger partial charge in [0, 0.05) is 48.6 Å². The highest BCUT2D eigenvalue weighted by molar-refractivity contribution is 6.09. The number of aryl methyl sites for hydroxylation is 2. The van der Waals surface area contributed by atoms with Crippen LogP contribution < -0.4 is 4.90 Å². The van der Waals surface area contributed by atoms with Crippen LogP contribution in [-0.2, 0) is 0 Å². The van der Waals surface area contributed by atoms with Crippen LogP contribution in [-0.4, -0.2) is 42.8 Å². The van der Waals surface area contributed by atoms with E-state index in [0.29, 0.717) is 24.2 Å². The topological polar surface area (TPSA) is 40.6 Å². The Balaban J connectivity index is 1.43. The third kappa shape index (κ3) is 4.13. The van der Waals surface area contributed by atoms with Crippen molar-refractivity contribution in [3.8, 4) is 0 Å². The maximum absolute atomic E-state index is 12.8. The highest BCUT2D eigenvalue weighted by Crippen LogP contribution is 2.24. The predicted molar refractivity (Wildman–Crippen MR) is 120 cm³/mol. The summed E-state index contributed by atoms with van der Waals surface area (Å²) < 4.78 is 0. The van der Waals surface area contributed by atoms with Crippen LogP contribution in [0.3, 0.4) is 0 Å². The Bertz CT molecular complexity index is 1070. The van der Waals surface area contributed by atoms with Gasteiger partial charge in [-0.3, -0.25) is 9.59 Å². The van der Waals surface area contributed by atoms with E-state index in [0.717, 1.165) is 35.5 Å². The highest BCUT2D eigenvalue weighted by atomic mass is 16.2. The number of rotatable bonds is 4. The molecule has 0 unspecified atom stereocenters. The van der Waals surface area contributed by atoms with E-state index in [1.807, 2.05) is 91.5 Å². The highest BCUT2D eigenvalue weighted by Gasteiger charge is 2.23. The number of hydrogen-bond acceptors (Lipinski definition) is 3. The van der Waals surface area contributed by atoms with Crippen molar-refractivity contribution in [2.75, 3.05) is 31.1 Å². The molecule has 152 valence electrons. The third-order valence-electron chi connectivity index (χ3n) is 5.67. The lowest BCUT2D eigenvalue weighted by Crippen LogP contribution is -2.49. The Morgan fingerprint density at radius 2 is 1.40 bits per heavy atom. The van der Waals surface area contributed by atoms with Crippen molar-refractivity contribution >= 4 is 17.4 Å². The molecule has 4 heteroatoms. The standard InChI is InChI=1S/C26H26N2O2/c1-19-7-6-10-23(17-19)26(30)28-15-13-27(14-16-28)24-12-11-22(18-20(24)2)25(29)21-8-4-3-5-9-21/h3-12,17-18H,13-16H2,1-2H3. The van der Waals surface area contributed by atoms with Gasteiger partial charge < -0.3 is 9.80 Å². The van der Waals surface area contributed by atoms with Gasteiger partial charge in [-0.2, -0.15) is 0 Å². The van der Waals surface area contributed by atoms with Crippen molar-refractivity contribution in [1.29, 1.82) is 0 Å². The van der Waals surface area contributed by atoms with Crippen LogP contribution in [0.4, 0.5) is 5.69 Å². The lowest BCUT2D eigenvalue weighted by molar-refractivity contribution is 0.0746. The Labute approximate surface area is 177 Å². The molecule has 30 heavy (non-hydrogen) atoms. The van der Waals surface area contributed by atoms with Gasteiger partial charge in [0.25, 0.3) is 5.91 Å². The van der Waals surface area contributed by atoms with Gasteiger partial charge in [0.2, 0.25) is 0 Å². The zero-order chi connectivity index (χ0) is 21.1. The summed E-state index contributed by atoms with van der Waals surface area (Å²) in [6, 6.07) is 23.0. The summed E-state index contributed by atoms with van der Waals surface area (Å²) in [4.78, 5) is 29.7. The molecule has 1 heterocycles. The van der Waals surface area contributed by atoms with Gasteiger partial charge in [0.1, 0.15) is 0 Å². The summed E-state index contributed by atoms with van der Waals surface area (Å²) in [7, 11) is 0. The van der Waals surface area contributed by atoms with Gasteiger partial charge in [-0.1, -0.05) is 48.0 Å². The lowest BCUT2D eigenvalue weighted by Gasteiger charge is -2.37. The first-order chi connectivity index (χ1) is 14.5. The van der Waals surface area contributed by atoms with Gasteiger partial charge in [0.05, 0.1) is 0 Å². The van der Waals surface area contributed by atoms with Gasteiger partial charge in [-0.05, 0) is 49.7 Å². The minimum atomic E-state index is 0.0406. The maximum Gasteiger partial charge on any atom is 0.253 e. The van der Waals surface area contributed by atoms with E-state index in [4.69, 9.17) is 0 Å². The molecular formula is C26H26N2O2. The van der Waals surface area contributed by atoms with E-state index in [-0.39, 0.29) is 11.7 Å². The number of carbonyl (C=O) groups is 2. The van der Waals surface area contributed by atoms with E-state index in [9.17, 15) is 9.59 Å². The molecular weight excluding hydrogens is 372 g/mol. The SMILES string of the molecule is Cc1cccc(C(=O)N2CCN(c3ccc(C(=O)c4ccccc4)cc3C)CC2)c1. The van der Waals surface area contributed by atoms with Gasteiger partial charge in [-0.25, -0.2) is 0 Å². The van der Waals surface area contributed by atoms with E-state index < -0.39 is 0 Å². The number of ketones is 1. The van der Waals surface area contributed by atoms with Crippen molar-refractivity contribution in [3.63, 3.8) is 0 Å². The number of amides is 1. The lowest BCUT2D eigenvalue weighted by atomic mass is 10.0. The molecule has 0 spiro atoms. The zero-order valence-corrected chi connectivity index (χ0v) is 17.5. The second-order valence-electron chi connectivity index (χ2n) is 7.85. The number of nitrogens with zero attached hydrogens (tertiary/aromatic N) is 2. The fourth-order valence-electron chi connectivity index (χ4n) is 4.02. The van der Waals surface area contributed by atoms with Crippen LogP contribution in [0.15, 0.2) is 72.8 Å². The van der Waals surface area contributed by atoms with Crippen molar-refractivity contribution in [2.24, 2.45) is 0 Å². The number of benzene rings is 3. The Kier molecular flexibility index (Phi) is 5.66. The molecule has 0 N–H and O–H groups in total. The first-order valence-corrected chi connectivity index (χ1v) is 10.3. The van der Waals surface area contributed by atoms with Gasteiger partial charge >= 0.3 is 0 Å². The minimum absolute atomic E-state index is 0.0406. The van der Waals surface area contributed by atoms with Gasteiger partial charge in [0.15, 0.2) is 5.78 Å². The maximum atomic E-state index is 12.8. The minimum Gasteiger partial charge on any atom is -0.368 e. The molecule has 0 aromatic heterocycles. The largest absolute Gasteiger partial charge is 0.368 e. The van der Waals surface area contributed by atoms with Crippen LogP contribution in [0.5, 0.6) is 0 Å². The number of hydrogen-bond donors (Lipinski definition) is 0. The molecule has 1 saturated heterocycles. The first kappa shape index (κ1) is 19.9. The van der Waals surface area contributed by atoms with E-state index in [2.05, 4.69) is 4.90 Å². The summed E-state index contributed by atoms with van der Waals surface area (Å²) >= 11 is 0. The molecule has 0 saturated carbocycles. The third-order valence-corrected chi connectivity index (χ3v) is 5.67. The molecule has 4 nitrogen and oxygen atoms in total. The normalized spacial score (nSPS) is 13.9. The monoisotopic (exact) mass is 398 g/mol. The average Bonchev–Trinajstić information content (AvgIpc) is 2.79. The number of piperazine rings is 1. The predicted octanol–water partition coefficient (Wildman–Crippen LogP) is 4.50. The summed E-state index contributed by atoms with van der Waals surface area (Å²) in [6.45, 7) is 6.99. The molecule has 0 aliphatic carbocycles. The second-order valence-corrected chi connectivity index (χ2v) is 7.85. The van der Waals surface area contributed by atoms with Crippen LogP contribution in [0.1, 0.15) is 37.4 Å². The van der Waals surface area contributed by atoms with E-state index >= 15 is 0 Å². The molecule has 1 fully saturated rings. The summed E-state index contributed by atoms with van der Waals surface area (Å²) in [6.07, 6.45) is 0. The molecule has 3 aromatic rings. The summed E-state index contributed by atoms with van der Waals surface area (Å²) in [5, 5.41) is 0. The molecule has 0 bridgehead atoms. The van der Waals surface area contributed by atoms with Crippen LogP contribution in [0.2, 0.25) is 0 Å². The Hall–Kier alpha value is -3.40. The zero-order valence-electron chi connectivity index (χ0n) is 17.5. The molecule has 1 aliphatic rings. The van der Waals surface area contributed by atoms with Crippen molar-refractivity contribution < 1.29 is 9.59 Å². The number of carbonyl (C=O) groups excluding carboxylic acids is 2.